The lowest BCUT2D eigenvalue weighted by molar-refractivity contribution is -0.384. The van der Waals surface area contributed by atoms with Crippen LogP contribution in [0.4, 0.5) is 21.5 Å². The van der Waals surface area contributed by atoms with Crippen molar-refractivity contribution in [3.63, 3.8) is 0 Å². The van der Waals surface area contributed by atoms with E-state index in [1.54, 1.807) is 19.1 Å². The second kappa shape index (κ2) is 10.2. The number of non-ortho nitro benzene ring substituents is 1. The smallest absolute Gasteiger partial charge is 0.269 e. The molecule has 45 heavy (non-hydrogen) atoms. The molecule has 1 N–H and O–H groups in total. The van der Waals surface area contributed by atoms with Crippen LogP contribution in [0.1, 0.15) is 37.2 Å². The fourth-order valence-electron chi connectivity index (χ4n) is 7.80. The number of halogens is 2. The first-order chi connectivity index (χ1) is 21.5. The number of anilines is 2. The van der Waals surface area contributed by atoms with Gasteiger partial charge in [0, 0.05) is 12.1 Å². The Kier molecular flexibility index (Phi) is 6.57. The zero-order chi connectivity index (χ0) is 31.9. The van der Waals surface area contributed by atoms with Crippen LogP contribution in [0.15, 0.2) is 70.7 Å². The summed E-state index contributed by atoms with van der Waals surface area (Å²) in [5.74, 6) is -6.16. The summed E-state index contributed by atoms with van der Waals surface area (Å²) in [4.78, 5) is 68.8. The molecule has 2 aliphatic carbocycles. The maximum atomic E-state index is 14.3. The number of imide groups is 2. The van der Waals surface area contributed by atoms with Crippen LogP contribution in [0.2, 0.25) is 5.02 Å². The van der Waals surface area contributed by atoms with E-state index in [0.717, 1.165) is 15.9 Å². The van der Waals surface area contributed by atoms with Gasteiger partial charge in [0.15, 0.2) is 0 Å². The van der Waals surface area contributed by atoms with Crippen molar-refractivity contribution in [3.8, 4) is 0 Å². The molecule has 0 unspecified atom stereocenters. The Balaban J connectivity index is 1.33. The topological polar surface area (TPSA) is 151 Å². The molecule has 0 bridgehead atoms. The summed E-state index contributed by atoms with van der Waals surface area (Å²) in [6, 6.07) is 11.9. The number of benzene rings is 2. The monoisotopic (exact) mass is 633 g/mol. The summed E-state index contributed by atoms with van der Waals surface area (Å²) in [6.07, 6.45) is 2.12. The highest BCUT2D eigenvalue weighted by atomic mass is 35.5. The molecule has 2 aromatic carbocycles. The molecular formula is C32H25ClFN3O8. The fourth-order valence-corrected chi connectivity index (χ4v) is 7.97. The van der Waals surface area contributed by atoms with E-state index in [0.29, 0.717) is 11.3 Å². The van der Waals surface area contributed by atoms with Crippen LogP contribution in [0, 0.1) is 45.0 Å². The zero-order valence-electron chi connectivity index (χ0n) is 23.7. The number of allylic oxidation sites excluding steroid dienone is 2. The van der Waals surface area contributed by atoms with Gasteiger partial charge in [0.1, 0.15) is 23.9 Å². The SMILES string of the molecule is C[C@@]12C(=O)N(c3ccc(F)c(Cl)c3)C(=O)[C@@H]1C[C@@H]1C(=CC[C@@H]3C(=O)N(c4ccc([N+](=O)[O-])cc4)C(=O)[C@@H]31)[C@@H]2c1ccc(CO)o1. The average Bonchev–Trinajstić information content (AvgIpc) is 3.65. The summed E-state index contributed by atoms with van der Waals surface area (Å²) in [7, 11) is 0. The van der Waals surface area contributed by atoms with Crippen LogP contribution in [-0.4, -0.2) is 33.7 Å². The molecular weight excluding hydrogens is 609 g/mol. The van der Waals surface area contributed by atoms with Gasteiger partial charge in [-0.1, -0.05) is 23.3 Å². The van der Waals surface area contributed by atoms with Crippen molar-refractivity contribution in [2.45, 2.75) is 32.3 Å². The van der Waals surface area contributed by atoms with Crippen molar-refractivity contribution in [1.29, 1.82) is 0 Å². The molecule has 3 heterocycles. The van der Waals surface area contributed by atoms with Crippen molar-refractivity contribution in [2.75, 3.05) is 9.80 Å². The third kappa shape index (κ3) is 4.05. The van der Waals surface area contributed by atoms with Gasteiger partial charge in [0.25, 0.3) is 5.69 Å². The quantitative estimate of drug-likeness (QED) is 0.180. The van der Waals surface area contributed by atoms with Gasteiger partial charge in [-0.3, -0.25) is 34.2 Å². The molecule has 4 aliphatic rings. The maximum Gasteiger partial charge on any atom is 0.269 e. The third-order valence-corrected chi connectivity index (χ3v) is 10.2. The second-order valence-corrected chi connectivity index (χ2v) is 12.4. The molecule has 230 valence electrons. The van der Waals surface area contributed by atoms with Crippen LogP contribution >= 0.6 is 11.6 Å². The molecule has 3 fully saturated rings. The van der Waals surface area contributed by atoms with Gasteiger partial charge in [0.2, 0.25) is 23.6 Å². The third-order valence-electron chi connectivity index (χ3n) is 9.88. The highest BCUT2D eigenvalue weighted by Crippen LogP contribution is 2.63. The summed E-state index contributed by atoms with van der Waals surface area (Å²) in [5.41, 5.74) is -0.589. The molecule has 11 nitrogen and oxygen atoms in total. The Morgan fingerprint density at radius 1 is 1.00 bits per heavy atom. The number of nitrogens with zero attached hydrogens (tertiary/aromatic N) is 3. The number of aliphatic hydroxyl groups is 1. The number of carbonyl (C=O) groups excluding carboxylic acids is 4. The second-order valence-electron chi connectivity index (χ2n) is 12.0. The predicted octanol–water partition coefficient (Wildman–Crippen LogP) is 4.91. The average molecular weight is 634 g/mol. The number of nitro benzene ring substituents is 1. The van der Waals surface area contributed by atoms with E-state index < -0.39 is 76.0 Å². The van der Waals surface area contributed by atoms with E-state index in [4.69, 9.17) is 16.0 Å². The van der Waals surface area contributed by atoms with Crippen molar-refractivity contribution < 1.29 is 38.0 Å². The largest absolute Gasteiger partial charge is 0.463 e. The number of hydrogen-bond donors (Lipinski definition) is 1. The van der Waals surface area contributed by atoms with E-state index in [-0.39, 0.29) is 40.7 Å². The first kappa shape index (κ1) is 29.1. The minimum Gasteiger partial charge on any atom is -0.463 e. The number of carbonyl (C=O) groups is 4. The lowest BCUT2D eigenvalue weighted by atomic mass is 9.52. The van der Waals surface area contributed by atoms with E-state index in [1.807, 2.05) is 6.08 Å². The Morgan fingerprint density at radius 2 is 1.71 bits per heavy atom. The van der Waals surface area contributed by atoms with Crippen molar-refractivity contribution in [2.24, 2.45) is 29.1 Å². The molecule has 0 spiro atoms. The highest BCUT2D eigenvalue weighted by molar-refractivity contribution is 6.32. The molecule has 2 aliphatic heterocycles. The summed E-state index contributed by atoms with van der Waals surface area (Å²) >= 11 is 6.02. The highest BCUT2D eigenvalue weighted by Gasteiger charge is 2.68. The van der Waals surface area contributed by atoms with Gasteiger partial charge in [-0.25, -0.2) is 9.29 Å². The van der Waals surface area contributed by atoms with Crippen molar-refractivity contribution in [1.82, 2.24) is 0 Å². The van der Waals surface area contributed by atoms with E-state index in [1.165, 1.54) is 36.4 Å². The van der Waals surface area contributed by atoms with Gasteiger partial charge in [0.05, 0.1) is 50.4 Å². The number of fused-ring (bicyclic) bond motifs is 4. The maximum absolute atomic E-state index is 14.3. The molecule has 3 aromatic rings. The Labute approximate surface area is 260 Å². The number of rotatable bonds is 5. The number of aliphatic hydroxyl groups excluding tert-OH is 1. The van der Waals surface area contributed by atoms with Gasteiger partial charge < -0.3 is 9.52 Å². The first-order valence-electron chi connectivity index (χ1n) is 14.3. The van der Waals surface area contributed by atoms with Crippen molar-refractivity contribution >= 4 is 52.3 Å². The fraction of sp³-hybridized carbons (Fsp3) is 0.312. The molecule has 6 atom stereocenters. The number of hydrogen-bond acceptors (Lipinski definition) is 8. The Bertz CT molecular complexity index is 1850. The molecule has 0 radical (unpaired) electrons. The van der Waals surface area contributed by atoms with Gasteiger partial charge in [-0.2, -0.15) is 0 Å². The summed E-state index contributed by atoms with van der Waals surface area (Å²) in [5, 5.41) is 20.6. The van der Waals surface area contributed by atoms with E-state index in [2.05, 4.69) is 0 Å². The summed E-state index contributed by atoms with van der Waals surface area (Å²) < 4.78 is 20.0. The standard InChI is InChI=1S/C32H25ClFN3O8/c1-32-22(29(40)36(31(32)42)17-6-10-24(34)23(33)12-17)13-21-19(27(32)25-11-7-18(14-38)45-25)8-9-20-26(21)30(41)35(28(20)39)15-2-4-16(5-3-15)37(43)44/h2-8,10-12,20-22,26-27,38H,9,13-14H2,1H3/t20-,21+,22-,26-,27+,32+/m0/s1. The molecule has 4 amide bonds. The lowest BCUT2D eigenvalue weighted by Crippen LogP contribution is -2.48. The number of amides is 4. The number of furan rings is 1. The molecule has 1 aromatic heterocycles. The van der Waals surface area contributed by atoms with E-state index >= 15 is 0 Å². The summed E-state index contributed by atoms with van der Waals surface area (Å²) in [6.45, 7) is 1.27. The predicted molar refractivity (Wildman–Crippen MR) is 156 cm³/mol. The van der Waals surface area contributed by atoms with Crippen LogP contribution < -0.4 is 9.80 Å². The normalized spacial score (nSPS) is 29.1. The number of nitro groups is 1. The minimum atomic E-state index is -1.39. The molecule has 7 rings (SSSR count). The van der Waals surface area contributed by atoms with Gasteiger partial charge in [-0.05, 0) is 68.1 Å². The van der Waals surface area contributed by atoms with E-state index in [9.17, 15) is 38.8 Å². The lowest BCUT2D eigenvalue weighted by Gasteiger charge is -2.48. The molecule has 2 saturated heterocycles. The van der Waals surface area contributed by atoms with Crippen LogP contribution in [0.25, 0.3) is 0 Å². The van der Waals surface area contributed by atoms with Crippen LogP contribution in [0.5, 0.6) is 0 Å². The van der Waals surface area contributed by atoms with Crippen molar-refractivity contribution in [3.05, 3.63) is 98.7 Å². The molecule has 1 saturated carbocycles. The zero-order valence-corrected chi connectivity index (χ0v) is 24.4. The minimum absolute atomic E-state index is 0.0800. The Hall–Kier alpha value is -4.68. The molecule has 13 heteroatoms. The van der Waals surface area contributed by atoms with Gasteiger partial charge in [-0.15, -0.1) is 0 Å². The van der Waals surface area contributed by atoms with Crippen LogP contribution in [-0.2, 0) is 25.8 Å². The van der Waals surface area contributed by atoms with Gasteiger partial charge >= 0.3 is 0 Å². The van der Waals surface area contributed by atoms with Crippen LogP contribution in [0.3, 0.4) is 0 Å². The Morgan fingerprint density at radius 3 is 2.36 bits per heavy atom. The first-order valence-corrected chi connectivity index (χ1v) is 14.7.